The van der Waals surface area contributed by atoms with Gasteiger partial charge in [-0.25, -0.2) is 13.6 Å². The predicted molar refractivity (Wildman–Crippen MR) is 181 cm³/mol. The molecule has 1 unspecified atom stereocenters. The summed E-state index contributed by atoms with van der Waals surface area (Å²) in [7, 11) is 0. The molecule has 5 atom stereocenters. The predicted octanol–water partition coefficient (Wildman–Crippen LogP) is 3.85. The number of rotatable bonds is 16. The zero-order chi connectivity index (χ0) is 36.5. The number of benzene rings is 4. The van der Waals surface area contributed by atoms with E-state index in [0.717, 1.165) is 5.56 Å². The number of carbonyl (C=O) groups is 4. The number of aliphatic carboxylic acids is 1. The Balaban J connectivity index is 1.25. The molecule has 1 heterocycles. The van der Waals surface area contributed by atoms with Gasteiger partial charge in [-0.3, -0.25) is 14.4 Å². The van der Waals surface area contributed by atoms with E-state index >= 15 is 0 Å². The fourth-order valence-corrected chi connectivity index (χ4v) is 5.95. The van der Waals surface area contributed by atoms with Crippen LogP contribution < -0.4 is 20.3 Å². The summed E-state index contributed by atoms with van der Waals surface area (Å²) in [6.45, 7) is -1.31. The molecule has 1 aliphatic rings. The molecule has 4 aromatic rings. The largest absolute Gasteiger partial charge is 0.484 e. The fraction of sp³-hybridized carbons (Fsp3) is 0.263. The van der Waals surface area contributed by atoms with Gasteiger partial charge in [0.25, 0.3) is 5.91 Å². The van der Waals surface area contributed by atoms with Crippen LogP contribution in [0.3, 0.4) is 0 Å². The number of aliphatic hydroxyl groups is 2. The smallest absolute Gasteiger partial charge is 0.328 e. The van der Waals surface area contributed by atoms with Crippen molar-refractivity contribution in [2.45, 2.75) is 43.5 Å². The van der Waals surface area contributed by atoms with Gasteiger partial charge >= 0.3 is 5.97 Å². The fourth-order valence-electron chi connectivity index (χ4n) is 5.95. The minimum Gasteiger partial charge on any atom is -0.484 e. The summed E-state index contributed by atoms with van der Waals surface area (Å²) in [5.74, 6) is -4.15. The van der Waals surface area contributed by atoms with Crippen LogP contribution in [0.2, 0.25) is 0 Å². The Morgan fingerprint density at radius 2 is 1.45 bits per heavy atom. The van der Waals surface area contributed by atoms with Gasteiger partial charge < -0.3 is 35.6 Å². The second kappa shape index (κ2) is 16.8. The van der Waals surface area contributed by atoms with E-state index in [9.17, 15) is 43.3 Å². The molecule has 0 aliphatic carbocycles. The summed E-state index contributed by atoms with van der Waals surface area (Å²) in [6, 6.07) is 23.4. The van der Waals surface area contributed by atoms with Gasteiger partial charge in [-0.2, -0.15) is 0 Å². The van der Waals surface area contributed by atoms with Crippen molar-refractivity contribution in [3.8, 4) is 5.75 Å². The Kier molecular flexibility index (Phi) is 12.1. The van der Waals surface area contributed by atoms with E-state index in [4.69, 9.17) is 4.74 Å². The van der Waals surface area contributed by atoms with E-state index in [-0.39, 0.29) is 18.7 Å². The molecule has 0 spiro atoms. The number of nitrogens with zero attached hydrogens (tertiary/aromatic N) is 1. The van der Waals surface area contributed by atoms with Crippen molar-refractivity contribution in [2.24, 2.45) is 5.92 Å². The summed E-state index contributed by atoms with van der Waals surface area (Å²) >= 11 is 0. The SMILES string of the molecule is O=C(COc1ccc([C@@H]2[C@@H](CCC(O)c3ccc(F)cc3)C(=O)N2c2ccc(F)cc2)cc1)N[C@H](Cc1ccccc1)C(=O)N[C@@H](CO)C(=O)O. The number of β-lactam (4-membered cyclic amide) rings is 1. The number of nitrogens with one attached hydrogen (secondary N) is 2. The van der Waals surface area contributed by atoms with Crippen molar-refractivity contribution in [3.05, 3.63) is 131 Å². The number of halogens is 2. The van der Waals surface area contributed by atoms with Crippen molar-refractivity contribution in [2.75, 3.05) is 18.1 Å². The topological polar surface area (TPSA) is 165 Å². The molecule has 4 aromatic carbocycles. The van der Waals surface area contributed by atoms with E-state index < -0.39 is 72.8 Å². The van der Waals surface area contributed by atoms with Crippen molar-refractivity contribution < 1.29 is 48.0 Å². The lowest BCUT2D eigenvalue weighted by atomic mass is 9.78. The van der Waals surface area contributed by atoms with Crippen LogP contribution in [-0.4, -0.2) is 64.3 Å². The molecule has 0 bridgehead atoms. The molecule has 5 rings (SSSR count). The molecule has 51 heavy (non-hydrogen) atoms. The van der Waals surface area contributed by atoms with Gasteiger partial charge in [-0.05, 0) is 78.1 Å². The average Bonchev–Trinajstić information content (AvgIpc) is 3.13. The molecule has 1 saturated heterocycles. The van der Waals surface area contributed by atoms with E-state index in [1.165, 1.54) is 48.5 Å². The van der Waals surface area contributed by atoms with E-state index in [1.807, 2.05) is 0 Å². The molecule has 0 radical (unpaired) electrons. The van der Waals surface area contributed by atoms with E-state index in [2.05, 4.69) is 10.6 Å². The monoisotopic (exact) mass is 701 g/mol. The van der Waals surface area contributed by atoms with Crippen molar-refractivity contribution in [1.29, 1.82) is 0 Å². The molecule has 5 N–H and O–H groups in total. The highest BCUT2D eigenvalue weighted by molar-refractivity contribution is 6.03. The van der Waals surface area contributed by atoms with Gasteiger partial charge in [0.15, 0.2) is 6.61 Å². The van der Waals surface area contributed by atoms with Crippen molar-refractivity contribution >= 4 is 29.4 Å². The summed E-state index contributed by atoms with van der Waals surface area (Å²) in [6.07, 6.45) is -0.293. The lowest BCUT2D eigenvalue weighted by Gasteiger charge is -2.48. The first-order valence-electron chi connectivity index (χ1n) is 16.3. The van der Waals surface area contributed by atoms with Crippen LogP contribution in [0.1, 0.15) is 41.7 Å². The second-order valence-electron chi connectivity index (χ2n) is 12.1. The molecule has 11 nitrogen and oxygen atoms in total. The first-order chi connectivity index (χ1) is 24.5. The first kappa shape index (κ1) is 36.6. The number of carboxylic acids is 1. The van der Waals surface area contributed by atoms with Crippen LogP contribution in [0.15, 0.2) is 103 Å². The molecular formula is C38H37F2N3O8. The van der Waals surface area contributed by atoms with Crippen LogP contribution in [0.5, 0.6) is 5.75 Å². The molecule has 1 fully saturated rings. The lowest BCUT2D eigenvalue weighted by molar-refractivity contribution is -0.143. The lowest BCUT2D eigenvalue weighted by Crippen LogP contribution is -2.55. The maximum atomic E-state index is 13.7. The molecule has 1 aliphatic heterocycles. The molecule has 266 valence electrons. The quantitative estimate of drug-likeness (QED) is 0.110. The Morgan fingerprint density at radius 1 is 0.824 bits per heavy atom. The molecule has 13 heteroatoms. The first-order valence-corrected chi connectivity index (χ1v) is 16.3. The van der Waals surface area contributed by atoms with Crippen molar-refractivity contribution in [1.82, 2.24) is 10.6 Å². The highest BCUT2D eigenvalue weighted by atomic mass is 19.1. The molecule has 0 saturated carbocycles. The third-order valence-electron chi connectivity index (χ3n) is 8.65. The van der Waals surface area contributed by atoms with Crippen LogP contribution in [0, 0.1) is 17.6 Å². The number of carbonyl (C=O) groups excluding carboxylic acids is 3. The zero-order valence-electron chi connectivity index (χ0n) is 27.3. The summed E-state index contributed by atoms with van der Waals surface area (Å²) in [5.41, 5.74) is 2.47. The maximum absolute atomic E-state index is 13.7. The number of aliphatic hydroxyl groups excluding tert-OH is 2. The zero-order valence-corrected chi connectivity index (χ0v) is 27.3. The number of amides is 3. The Labute approximate surface area is 292 Å². The number of ether oxygens (including phenoxy) is 1. The van der Waals surface area contributed by atoms with Crippen molar-refractivity contribution in [3.63, 3.8) is 0 Å². The number of anilines is 1. The van der Waals surface area contributed by atoms with Gasteiger partial charge in [0.05, 0.1) is 24.7 Å². The van der Waals surface area contributed by atoms with E-state index in [0.29, 0.717) is 29.0 Å². The standard InChI is InChI=1S/C38H37F2N3O8/c39-26-10-6-24(7-11-26)33(45)19-18-30-35(43(37(30)48)28-14-12-27(40)13-15-28)25-8-16-29(17-9-25)51-22-34(46)41-31(20-23-4-2-1-3-5-23)36(47)42-32(21-44)38(49)50/h1-17,30-33,35,44-45H,18-22H2,(H,41,46)(H,42,47)(H,49,50)/t30-,31-,32+,33?,35-/m1/s1. The number of carboxylic acid groups (broad SMARTS) is 1. The number of hydrogen-bond donors (Lipinski definition) is 5. The third-order valence-corrected chi connectivity index (χ3v) is 8.65. The van der Waals surface area contributed by atoms with Crippen LogP contribution in [0.4, 0.5) is 14.5 Å². The number of hydrogen-bond acceptors (Lipinski definition) is 7. The van der Waals surface area contributed by atoms with Gasteiger partial charge in [0.2, 0.25) is 11.8 Å². The minimum absolute atomic E-state index is 0.0532. The van der Waals surface area contributed by atoms with Gasteiger partial charge in [-0.1, -0.05) is 54.6 Å². The summed E-state index contributed by atoms with van der Waals surface area (Å²) < 4.78 is 32.7. The average molecular weight is 702 g/mol. The summed E-state index contributed by atoms with van der Waals surface area (Å²) in [4.78, 5) is 52.1. The molecular weight excluding hydrogens is 664 g/mol. The Bertz CT molecular complexity index is 1810. The Hall–Kier alpha value is -5.66. The maximum Gasteiger partial charge on any atom is 0.328 e. The normalized spacial score (nSPS) is 17.1. The van der Waals surface area contributed by atoms with Crippen LogP contribution in [0.25, 0.3) is 0 Å². The highest BCUT2D eigenvalue weighted by Crippen LogP contribution is 2.46. The van der Waals surface area contributed by atoms with Gasteiger partial charge in [0.1, 0.15) is 29.5 Å². The van der Waals surface area contributed by atoms with E-state index in [1.54, 1.807) is 59.5 Å². The third kappa shape index (κ3) is 9.32. The van der Waals surface area contributed by atoms with Crippen LogP contribution >= 0.6 is 0 Å². The van der Waals surface area contributed by atoms with Gasteiger partial charge in [0, 0.05) is 12.1 Å². The molecule has 0 aromatic heterocycles. The summed E-state index contributed by atoms with van der Waals surface area (Å²) in [5, 5.41) is 34.1. The second-order valence-corrected chi connectivity index (χ2v) is 12.1. The van der Waals surface area contributed by atoms with Crippen LogP contribution in [-0.2, 0) is 25.6 Å². The Morgan fingerprint density at radius 3 is 2.06 bits per heavy atom. The molecule has 3 amide bonds. The van der Waals surface area contributed by atoms with Gasteiger partial charge in [-0.15, -0.1) is 0 Å². The highest BCUT2D eigenvalue weighted by Gasteiger charge is 2.48. The minimum atomic E-state index is -1.55.